The minimum Gasteiger partial charge on any atom is -0.359 e. The van der Waals surface area contributed by atoms with Crippen molar-refractivity contribution < 1.29 is 14.0 Å². The SMILES string of the molecule is CNC(=O)[C@@H](CC(=O)c1nc(-c2cccc(F)c2)n2c1CNCC2)C(C)(C)C. The van der Waals surface area contributed by atoms with E-state index in [1.165, 1.54) is 12.1 Å². The number of nitrogens with one attached hydrogen (secondary N) is 2. The lowest BCUT2D eigenvalue weighted by Crippen LogP contribution is -2.38. The van der Waals surface area contributed by atoms with Gasteiger partial charge in [0.25, 0.3) is 0 Å². The number of carbonyl (C=O) groups excluding carboxylic acids is 2. The van der Waals surface area contributed by atoms with Gasteiger partial charge in [0.15, 0.2) is 5.78 Å². The van der Waals surface area contributed by atoms with Gasteiger partial charge < -0.3 is 15.2 Å². The Kier molecular flexibility index (Phi) is 5.65. The molecule has 2 aromatic rings. The molecule has 3 rings (SSSR count). The number of ketones is 1. The molecule has 150 valence electrons. The highest BCUT2D eigenvalue weighted by atomic mass is 19.1. The number of halogens is 1. The number of rotatable bonds is 5. The maximum absolute atomic E-state index is 13.7. The van der Waals surface area contributed by atoms with Crippen molar-refractivity contribution in [1.82, 2.24) is 20.2 Å². The van der Waals surface area contributed by atoms with Crippen LogP contribution in [-0.2, 0) is 17.9 Å². The average Bonchev–Trinajstić information content (AvgIpc) is 3.04. The van der Waals surface area contributed by atoms with Gasteiger partial charge in [0.1, 0.15) is 17.3 Å². The predicted octanol–water partition coefficient (Wildman–Crippen LogP) is 2.77. The van der Waals surface area contributed by atoms with Crippen molar-refractivity contribution in [3.63, 3.8) is 0 Å². The topological polar surface area (TPSA) is 76.0 Å². The fourth-order valence-corrected chi connectivity index (χ4v) is 3.62. The van der Waals surface area contributed by atoms with Crippen molar-refractivity contribution >= 4 is 11.7 Å². The molecule has 1 aromatic carbocycles. The van der Waals surface area contributed by atoms with Gasteiger partial charge >= 0.3 is 0 Å². The Morgan fingerprint density at radius 2 is 2.11 bits per heavy atom. The van der Waals surface area contributed by atoms with Crippen LogP contribution in [0.1, 0.15) is 43.4 Å². The van der Waals surface area contributed by atoms with Crippen molar-refractivity contribution in [2.45, 2.75) is 40.3 Å². The van der Waals surface area contributed by atoms with Gasteiger partial charge in [-0.25, -0.2) is 9.37 Å². The van der Waals surface area contributed by atoms with Crippen LogP contribution in [0.4, 0.5) is 4.39 Å². The van der Waals surface area contributed by atoms with Gasteiger partial charge in [-0.3, -0.25) is 9.59 Å². The summed E-state index contributed by atoms with van der Waals surface area (Å²) in [4.78, 5) is 30.1. The molecule has 1 amide bonds. The number of benzene rings is 1. The third kappa shape index (κ3) is 3.99. The molecule has 0 unspecified atom stereocenters. The summed E-state index contributed by atoms with van der Waals surface area (Å²) in [6.45, 7) is 7.76. The van der Waals surface area contributed by atoms with E-state index in [-0.39, 0.29) is 29.3 Å². The number of aromatic nitrogens is 2. The monoisotopic (exact) mass is 386 g/mol. The van der Waals surface area contributed by atoms with Crippen LogP contribution < -0.4 is 10.6 Å². The quantitative estimate of drug-likeness (QED) is 0.775. The van der Waals surface area contributed by atoms with Crippen LogP contribution in [0, 0.1) is 17.2 Å². The van der Waals surface area contributed by atoms with E-state index in [2.05, 4.69) is 15.6 Å². The summed E-state index contributed by atoms with van der Waals surface area (Å²) in [5, 5.41) is 5.92. The third-order valence-electron chi connectivity index (χ3n) is 5.22. The van der Waals surface area contributed by atoms with E-state index in [0.29, 0.717) is 30.2 Å². The lowest BCUT2D eigenvalue weighted by molar-refractivity contribution is -0.127. The molecule has 2 N–H and O–H groups in total. The predicted molar refractivity (Wildman–Crippen MR) is 105 cm³/mol. The second-order valence-corrected chi connectivity index (χ2v) is 8.23. The molecule has 2 heterocycles. The van der Waals surface area contributed by atoms with Crippen LogP contribution in [0.3, 0.4) is 0 Å². The standard InChI is InChI=1S/C21H27FN4O2/c1-21(2,3)15(20(28)23-4)11-17(27)18-16-12-24-8-9-26(16)19(25-18)13-6-5-7-14(22)10-13/h5-7,10,15,24H,8-9,11-12H2,1-4H3,(H,23,28)/t15-/m1/s1. The Balaban J connectivity index is 2.00. The maximum atomic E-state index is 13.7. The van der Waals surface area contributed by atoms with Crippen LogP contribution in [0.5, 0.6) is 0 Å². The Hall–Kier alpha value is -2.54. The zero-order chi connectivity index (χ0) is 20.5. The Morgan fingerprint density at radius 3 is 2.75 bits per heavy atom. The number of fused-ring (bicyclic) bond motifs is 1. The number of imidazole rings is 1. The van der Waals surface area contributed by atoms with Crippen molar-refractivity contribution in [1.29, 1.82) is 0 Å². The molecule has 0 saturated carbocycles. The molecule has 7 heteroatoms. The first-order valence-corrected chi connectivity index (χ1v) is 9.53. The molecule has 1 aromatic heterocycles. The second-order valence-electron chi connectivity index (χ2n) is 8.23. The third-order valence-corrected chi connectivity index (χ3v) is 5.22. The van der Waals surface area contributed by atoms with Crippen molar-refractivity contribution in [2.75, 3.05) is 13.6 Å². The summed E-state index contributed by atoms with van der Waals surface area (Å²) < 4.78 is 15.7. The van der Waals surface area contributed by atoms with E-state index < -0.39 is 5.92 Å². The van der Waals surface area contributed by atoms with E-state index in [0.717, 1.165) is 12.2 Å². The van der Waals surface area contributed by atoms with E-state index in [4.69, 9.17) is 0 Å². The molecule has 1 aliphatic rings. The van der Waals surface area contributed by atoms with Crippen LogP contribution in [0.2, 0.25) is 0 Å². The molecule has 0 radical (unpaired) electrons. The molecular formula is C21H27FN4O2. The molecule has 0 fully saturated rings. The molecule has 0 aliphatic carbocycles. The van der Waals surface area contributed by atoms with Gasteiger partial charge in [0.2, 0.25) is 5.91 Å². The van der Waals surface area contributed by atoms with Crippen LogP contribution in [0.25, 0.3) is 11.4 Å². The Bertz CT molecular complexity index is 898. The number of nitrogens with zero attached hydrogens (tertiary/aromatic N) is 2. The minimum atomic E-state index is -0.462. The van der Waals surface area contributed by atoms with Gasteiger partial charge in [-0.15, -0.1) is 0 Å². The first kappa shape index (κ1) is 20.2. The highest BCUT2D eigenvalue weighted by Crippen LogP contribution is 2.32. The minimum absolute atomic E-state index is 0.0791. The molecule has 0 saturated heterocycles. The molecule has 28 heavy (non-hydrogen) atoms. The van der Waals surface area contributed by atoms with Gasteiger partial charge in [-0.2, -0.15) is 0 Å². The number of Topliss-reactive ketones (excluding diaryl/α,β-unsaturated/α-hetero) is 1. The lowest BCUT2D eigenvalue weighted by Gasteiger charge is -2.28. The van der Waals surface area contributed by atoms with Crippen LogP contribution in [-0.4, -0.2) is 34.8 Å². The second kappa shape index (κ2) is 7.83. The summed E-state index contributed by atoms with van der Waals surface area (Å²) >= 11 is 0. The van der Waals surface area contributed by atoms with Gasteiger partial charge in [0.05, 0.1) is 11.6 Å². The number of hydrogen-bond donors (Lipinski definition) is 2. The smallest absolute Gasteiger partial charge is 0.223 e. The summed E-state index contributed by atoms with van der Waals surface area (Å²) in [5.74, 6) is -0.539. The highest BCUT2D eigenvalue weighted by molar-refractivity contribution is 5.98. The molecule has 0 bridgehead atoms. The van der Waals surface area contributed by atoms with E-state index >= 15 is 0 Å². The summed E-state index contributed by atoms with van der Waals surface area (Å²) in [6, 6.07) is 6.23. The van der Waals surface area contributed by atoms with Crippen molar-refractivity contribution in [3.05, 3.63) is 41.5 Å². The van der Waals surface area contributed by atoms with Gasteiger partial charge in [0, 0.05) is 38.7 Å². The Labute approximate surface area is 164 Å². The van der Waals surface area contributed by atoms with E-state index in [9.17, 15) is 14.0 Å². The number of hydrogen-bond acceptors (Lipinski definition) is 4. The Morgan fingerprint density at radius 1 is 1.36 bits per heavy atom. The first-order valence-electron chi connectivity index (χ1n) is 9.53. The summed E-state index contributed by atoms with van der Waals surface area (Å²) in [7, 11) is 1.58. The molecule has 6 nitrogen and oxygen atoms in total. The average molecular weight is 386 g/mol. The largest absolute Gasteiger partial charge is 0.359 e. The normalized spacial score (nSPS) is 15.0. The van der Waals surface area contributed by atoms with Crippen molar-refractivity contribution in [2.24, 2.45) is 11.3 Å². The van der Waals surface area contributed by atoms with Crippen LogP contribution >= 0.6 is 0 Å². The summed E-state index contributed by atoms with van der Waals surface area (Å²) in [5.41, 5.74) is 1.43. The molecule has 0 spiro atoms. The number of amides is 1. The van der Waals surface area contributed by atoms with E-state index in [1.54, 1.807) is 19.2 Å². The number of carbonyl (C=O) groups is 2. The molecule has 1 atom stereocenters. The highest BCUT2D eigenvalue weighted by Gasteiger charge is 2.35. The summed E-state index contributed by atoms with van der Waals surface area (Å²) in [6.07, 6.45) is 0.0791. The van der Waals surface area contributed by atoms with Crippen LogP contribution in [0.15, 0.2) is 24.3 Å². The lowest BCUT2D eigenvalue weighted by atomic mass is 9.77. The first-order chi connectivity index (χ1) is 13.2. The van der Waals surface area contributed by atoms with Gasteiger partial charge in [-0.1, -0.05) is 32.9 Å². The molecular weight excluding hydrogens is 359 g/mol. The molecule has 1 aliphatic heterocycles. The zero-order valence-electron chi connectivity index (χ0n) is 16.8. The van der Waals surface area contributed by atoms with E-state index in [1.807, 2.05) is 25.3 Å². The zero-order valence-corrected chi connectivity index (χ0v) is 16.8. The maximum Gasteiger partial charge on any atom is 0.223 e. The van der Waals surface area contributed by atoms with Crippen molar-refractivity contribution in [3.8, 4) is 11.4 Å². The fraction of sp³-hybridized carbons (Fsp3) is 0.476. The fourth-order valence-electron chi connectivity index (χ4n) is 3.62. The van der Waals surface area contributed by atoms with Gasteiger partial charge in [-0.05, 0) is 17.5 Å².